The maximum absolute atomic E-state index is 12.4. The van der Waals surface area contributed by atoms with Crippen LogP contribution in [0.5, 0.6) is 0 Å². The standard InChI is InChI=1S/C17H12N2O2/c20-17-14-8-4-5-9-15(14)18-16-13(11-21-19(16)17)10-12-6-2-1-3-7-12/h1-10H,11H2/b13-10+. The van der Waals surface area contributed by atoms with Gasteiger partial charge in [-0.05, 0) is 23.8 Å². The summed E-state index contributed by atoms with van der Waals surface area (Å²) in [6.07, 6.45) is 2.00. The average Bonchev–Trinajstić information content (AvgIpc) is 2.92. The van der Waals surface area contributed by atoms with Crippen molar-refractivity contribution in [3.8, 4) is 0 Å². The van der Waals surface area contributed by atoms with E-state index in [4.69, 9.17) is 4.84 Å². The van der Waals surface area contributed by atoms with Crippen LogP contribution in [-0.4, -0.2) is 16.3 Å². The number of hydrogen-bond donors (Lipinski definition) is 0. The smallest absolute Gasteiger partial charge is 0.294 e. The van der Waals surface area contributed by atoms with Gasteiger partial charge < -0.3 is 4.84 Å². The fourth-order valence-corrected chi connectivity index (χ4v) is 2.49. The normalized spacial score (nSPS) is 15.1. The molecule has 4 heteroatoms. The minimum Gasteiger partial charge on any atom is -0.404 e. The average molecular weight is 276 g/mol. The second kappa shape index (κ2) is 4.59. The molecule has 0 fully saturated rings. The summed E-state index contributed by atoms with van der Waals surface area (Å²) in [6.45, 7) is 0.355. The zero-order valence-electron chi connectivity index (χ0n) is 11.2. The molecule has 21 heavy (non-hydrogen) atoms. The first-order valence-electron chi connectivity index (χ1n) is 6.74. The van der Waals surface area contributed by atoms with Crippen LogP contribution in [-0.2, 0) is 0 Å². The zero-order chi connectivity index (χ0) is 14.2. The van der Waals surface area contributed by atoms with Crippen LogP contribution in [0.25, 0.3) is 22.6 Å². The molecule has 0 atom stereocenters. The fourth-order valence-electron chi connectivity index (χ4n) is 2.49. The lowest BCUT2D eigenvalue weighted by Gasteiger charge is -2.03. The monoisotopic (exact) mass is 276 g/mol. The third-order valence-electron chi connectivity index (χ3n) is 3.51. The predicted octanol–water partition coefficient (Wildman–Crippen LogP) is 2.38. The zero-order valence-corrected chi connectivity index (χ0v) is 11.2. The fraction of sp³-hybridized carbons (Fsp3) is 0.0588. The van der Waals surface area contributed by atoms with Crippen LogP contribution in [0.4, 0.5) is 0 Å². The van der Waals surface area contributed by atoms with Gasteiger partial charge in [0.25, 0.3) is 5.56 Å². The second-order valence-corrected chi connectivity index (χ2v) is 4.91. The first-order chi connectivity index (χ1) is 10.3. The molecule has 102 valence electrons. The van der Waals surface area contributed by atoms with Gasteiger partial charge in [-0.3, -0.25) is 4.79 Å². The van der Waals surface area contributed by atoms with Crippen molar-refractivity contribution in [1.29, 1.82) is 0 Å². The van der Waals surface area contributed by atoms with Crippen LogP contribution in [0.1, 0.15) is 11.4 Å². The van der Waals surface area contributed by atoms with Crippen LogP contribution in [0, 0.1) is 0 Å². The van der Waals surface area contributed by atoms with E-state index in [0.717, 1.165) is 11.1 Å². The van der Waals surface area contributed by atoms with E-state index in [1.54, 1.807) is 6.07 Å². The molecule has 0 N–H and O–H groups in total. The van der Waals surface area contributed by atoms with Crippen LogP contribution in [0.2, 0.25) is 0 Å². The molecule has 4 nitrogen and oxygen atoms in total. The van der Waals surface area contributed by atoms with Gasteiger partial charge in [0.15, 0.2) is 5.82 Å². The van der Waals surface area contributed by atoms with Gasteiger partial charge >= 0.3 is 0 Å². The van der Waals surface area contributed by atoms with E-state index in [-0.39, 0.29) is 5.56 Å². The Hall–Kier alpha value is -2.88. The lowest BCUT2D eigenvalue weighted by atomic mass is 10.1. The molecule has 0 radical (unpaired) electrons. The predicted molar refractivity (Wildman–Crippen MR) is 81.8 cm³/mol. The van der Waals surface area contributed by atoms with Gasteiger partial charge in [0.2, 0.25) is 0 Å². The second-order valence-electron chi connectivity index (χ2n) is 4.91. The summed E-state index contributed by atoms with van der Waals surface area (Å²) in [5, 5.41) is 0.571. The molecule has 1 aliphatic rings. The Kier molecular flexibility index (Phi) is 2.60. The van der Waals surface area contributed by atoms with Gasteiger partial charge in [0.1, 0.15) is 6.61 Å². The molecule has 0 saturated heterocycles. The van der Waals surface area contributed by atoms with Crippen LogP contribution in [0.15, 0.2) is 59.4 Å². The Bertz CT molecular complexity index is 911. The largest absolute Gasteiger partial charge is 0.404 e. The summed E-state index contributed by atoms with van der Waals surface area (Å²) < 4.78 is 1.29. The van der Waals surface area contributed by atoms with Crippen molar-refractivity contribution < 1.29 is 4.84 Å². The van der Waals surface area contributed by atoms with Gasteiger partial charge in [-0.2, -0.15) is 0 Å². The number of benzene rings is 2. The molecule has 1 aliphatic heterocycles. The molecule has 0 bridgehead atoms. The number of nitrogens with zero attached hydrogens (tertiary/aromatic N) is 2. The van der Waals surface area contributed by atoms with Gasteiger partial charge in [-0.1, -0.05) is 42.5 Å². The van der Waals surface area contributed by atoms with E-state index >= 15 is 0 Å². The van der Waals surface area contributed by atoms with E-state index in [1.807, 2.05) is 54.6 Å². The first-order valence-corrected chi connectivity index (χ1v) is 6.74. The molecule has 2 heterocycles. The highest BCUT2D eigenvalue weighted by molar-refractivity contribution is 5.84. The van der Waals surface area contributed by atoms with E-state index in [9.17, 15) is 4.79 Å². The van der Waals surface area contributed by atoms with Crippen molar-refractivity contribution in [2.24, 2.45) is 0 Å². The maximum Gasteiger partial charge on any atom is 0.294 e. The quantitative estimate of drug-likeness (QED) is 0.685. The van der Waals surface area contributed by atoms with Gasteiger partial charge in [-0.25, -0.2) is 4.98 Å². The number of fused-ring (bicyclic) bond motifs is 2. The number of para-hydroxylation sites is 1. The Morgan fingerprint density at radius 2 is 1.81 bits per heavy atom. The van der Waals surface area contributed by atoms with Crippen molar-refractivity contribution in [3.05, 3.63) is 76.3 Å². The molecule has 3 aromatic rings. The van der Waals surface area contributed by atoms with Crippen molar-refractivity contribution in [1.82, 2.24) is 9.71 Å². The third-order valence-corrected chi connectivity index (χ3v) is 3.51. The van der Waals surface area contributed by atoms with Crippen LogP contribution < -0.4 is 10.4 Å². The Balaban J connectivity index is 1.93. The molecule has 0 aliphatic carbocycles. The van der Waals surface area contributed by atoms with Crippen molar-refractivity contribution in [2.45, 2.75) is 0 Å². The number of aromatic nitrogens is 2. The lowest BCUT2D eigenvalue weighted by Crippen LogP contribution is -2.25. The Labute approximate surface area is 120 Å². The molecule has 0 saturated carbocycles. The number of hydrogen-bond acceptors (Lipinski definition) is 3. The highest BCUT2D eigenvalue weighted by Crippen LogP contribution is 2.21. The van der Waals surface area contributed by atoms with Crippen molar-refractivity contribution >= 4 is 22.6 Å². The van der Waals surface area contributed by atoms with Gasteiger partial charge in [0, 0.05) is 5.57 Å². The summed E-state index contributed by atoms with van der Waals surface area (Å²) in [7, 11) is 0. The summed E-state index contributed by atoms with van der Waals surface area (Å²) >= 11 is 0. The summed E-state index contributed by atoms with van der Waals surface area (Å²) in [5.74, 6) is 0.586. The highest BCUT2D eigenvalue weighted by Gasteiger charge is 2.22. The lowest BCUT2D eigenvalue weighted by molar-refractivity contribution is 0.150. The minimum absolute atomic E-state index is 0.160. The van der Waals surface area contributed by atoms with Crippen LogP contribution >= 0.6 is 0 Å². The Morgan fingerprint density at radius 3 is 2.67 bits per heavy atom. The number of rotatable bonds is 1. The Morgan fingerprint density at radius 1 is 1.05 bits per heavy atom. The molecule has 0 amide bonds. The summed E-state index contributed by atoms with van der Waals surface area (Å²) in [5.41, 5.74) is 2.50. The topological polar surface area (TPSA) is 44.1 Å². The summed E-state index contributed by atoms with van der Waals surface area (Å²) in [4.78, 5) is 22.4. The molecule has 4 rings (SSSR count). The molecule has 0 unspecified atom stereocenters. The van der Waals surface area contributed by atoms with Crippen molar-refractivity contribution in [2.75, 3.05) is 6.61 Å². The van der Waals surface area contributed by atoms with Crippen molar-refractivity contribution in [3.63, 3.8) is 0 Å². The van der Waals surface area contributed by atoms with Crippen LogP contribution in [0.3, 0.4) is 0 Å². The minimum atomic E-state index is -0.160. The maximum atomic E-state index is 12.4. The molecular formula is C17H12N2O2. The molecule has 1 aromatic heterocycles. The van der Waals surface area contributed by atoms with E-state index < -0.39 is 0 Å². The van der Waals surface area contributed by atoms with E-state index in [2.05, 4.69) is 4.98 Å². The van der Waals surface area contributed by atoms with Gasteiger partial charge in [0.05, 0.1) is 10.9 Å². The van der Waals surface area contributed by atoms with E-state index in [1.165, 1.54) is 4.73 Å². The molecule has 2 aromatic carbocycles. The van der Waals surface area contributed by atoms with E-state index in [0.29, 0.717) is 23.3 Å². The highest BCUT2D eigenvalue weighted by atomic mass is 16.7. The van der Waals surface area contributed by atoms with Gasteiger partial charge in [-0.15, -0.1) is 4.73 Å². The first kappa shape index (κ1) is 11.9. The SMILES string of the molecule is O=c1c2ccccc2nc2n1OC/C2=C\c1ccccc1. The summed E-state index contributed by atoms with van der Waals surface area (Å²) in [6, 6.07) is 17.2. The molecule has 0 spiro atoms. The third kappa shape index (κ3) is 1.92. The molecular weight excluding hydrogens is 264 g/mol.